The van der Waals surface area contributed by atoms with Gasteiger partial charge >= 0.3 is 0 Å². The maximum Gasteiger partial charge on any atom is 0.269 e. The summed E-state index contributed by atoms with van der Waals surface area (Å²) in [5, 5.41) is 9.14. The molecule has 2 heterocycles. The Labute approximate surface area is 132 Å². The SMILES string of the molecule is COc1cccc(-c2nc(C)oc2CNC(=O)c2ccn[nH]2)c1. The predicted octanol–water partition coefficient (Wildman–Crippen LogP) is 2.31. The lowest BCUT2D eigenvalue weighted by molar-refractivity contribution is 0.0943. The molecule has 0 bridgehead atoms. The molecular formula is C16H16N4O3. The molecule has 23 heavy (non-hydrogen) atoms. The number of nitrogens with one attached hydrogen (secondary N) is 2. The number of H-pyrrole nitrogens is 1. The summed E-state index contributed by atoms with van der Waals surface area (Å²) >= 11 is 0. The van der Waals surface area contributed by atoms with Gasteiger partial charge in [-0.15, -0.1) is 0 Å². The van der Waals surface area contributed by atoms with E-state index >= 15 is 0 Å². The van der Waals surface area contributed by atoms with Crippen LogP contribution in [-0.2, 0) is 6.54 Å². The van der Waals surface area contributed by atoms with Gasteiger partial charge in [-0.3, -0.25) is 9.89 Å². The molecule has 0 saturated heterocycles. The van der Waals surface area contributed by atoms with E-state index in [2.05, 4.69) is 20.5 Å². The summed E-state index contributed by atoms with van der Waals surface area (Å²) in [4.78, 5) is 16.4. The number of carbonyl (C=O) groups is 1. The van der Waals surface area contributed by atoms with Crippen LogP contribution >= 0.6 is 0 Å². The zero-order valence-corrected chi connectivity index (χ0v) is 12.8. The first-order valence-corrected chi connectivity index (χ1v) is 7.05. The summed E-state index contributed by atoms with van der Waals surface area (Å²) in [6.07, 6.45) is 1.52. The van der Waals surface area contributed by atoms with Gasteiger partial charge in [0.25, 0.3) is 5.91 Å². The van der Waals surface area contributed by atoms with Crippen molar-refractivity contribution < 1.29 is 13.9 Å². The van der Waals surface area contributed by atoms with Gasteiger partial charge in [0, 0.05) is 18.7 Å². The van der Waals surface area contributed by atoms with E-state index in [1.165, 1.54) is 6.20 Å². The lowest BCUT2D eigenvalue weighted by Gasteiger charge is -2.05. The van der Waals surface area contributed by atoms with Gasteiger partial charge in [-0.1, -0.05) is 12.1 Å². The van der Waals surface area contributed by atoms with E-state index in [-0.39, 0.29) is 12.5 Å². The van der Waals surface area contributed by atoms with Gasteiger partial charge in [-0.25, -0.2) is 4.98 Å². The number of ether oxygens (including phenoxy) is 1. The van der Waals surface area contributed by atoms with Crippen LogP contribution in [0.4, 0.5) is 0 Å². The number of carbonyl (C=O) groups excluding carboxylic acids is 1. The second-order valence-corrected chi connectivity index (χ2v) is 4.89. The van der Waals surface area contributed by atoms with Gasteiger partial charge in [0.2, 0.25) is 0 Å². The van der Waals surface area contributed by atoms with E-state index in [0.29, 0.717) is 23.0 Å². The van der Waals surface area contributed by atoms with Crippen LogP contribution in [0.3, 0.4) is 0 Å². The standard InChI is InChI=1S/C16H16N4O3/c1-10-19-15(11-4-3-5-12(8-11)22-2)14(23-10)9-17-16(21)13-6-7-18-20-13/h3-8H,9H2,1-2H3,(H,17,21)(H,18,20). The zero-order valence-electron chi connectivity index (χ0n) is 12.8. The average molecular weight is 312 g/mol. The lowest BCUT2D eigenvalue weighted by atomic mass is 10.1. The maximum atomic E-state index is 12.0. The minimum Gasteiger partial charge on any atom is -0.497 e. The van der Waals surface area contributed by atoms with E-state index in [0.717, 1.165) is 11.3 Å². The summed E-state index contributed by atoms with van der Waals surface area (Å²) in [5.74, 6) is 1.60. The molecule has 1 aromatic carbocycles. The molecule has 7 heteroatoms. The van der Waals surface area contributed by atoms with Gasteiger partial charge < -0.3 is 14.5 Å². The number of nitrogens with zero attached hydrogens (tertiary/aromatic N) is 2. The molecular weight excluding hydrogens is 296 g/mol. The maximum absolute atomic E-state index is 12.0. The van der Waals surface area contributed by atoms with Gasteiger partial charge in [0.05, 0.1) is 13.7 Å². The molecule has 118 valence electrons. The summed E-state index contributed by atoms with van der Waals surface area (Å²) in [6, 6.07) is 9.13. The van der Waals surface area contributed by atoms with Crippen LogP contribution in [0.15, 0.2) is 40.9 Å². The van der Waals surface area contributed by atoms with Crippen LogP contribution in [-0.4, -0.2) is 28.2 Å². The normalized spacial score (nSPS) is 10.5. The summed E-state index contributed by atoms with van der Waals surface area (Å²) in [7, 11) is 1.61. The first-order chi connectivity index (χ1) is 11.2. The van der Waals surface area contributed by atoms with Crippen LogP contribution < -0.4 is 10.1 Å². The van der Waals surface area contributed by atoms with Gasteiger partial charge in [-0.2, -0.15) is 5.10 Å². The van der Waals surface area contributed by atoms with Crippen LogP contribution in [0, 0.1) is 6.92 Å². The number of aromatic nitrogens is 3. The number of rotatable bonds is 5. The Morgan fingerprint density at radius 1 is 1.39 bits per heavy atom. The Balaban J connectivity index is 1.81. The molecule has 0 aliphatic rings. The minimum absolute atomic E-state index is 0.227. The largest absolute Gasteiger partial charge is 0.497 e. The zero-order chi connectivity index (χ0) is 16.2. The Hall–Kier alpha value is -3.09. The van der Waals surface area contributed by atoms with Crippen LogP contribution in [0.2, 0.25) is 0 Å². The van der Waals surface area contributed by atoms with Crippen molar-refractivity contribution >= 4 is 5.91 Å². The highest BCUT2D eigenvalue weighted by molar-refractivity contribution is 5.92. The molecule has 1 amide bonds. The van der Waals surface area contributed by atoms with Crippen molar-refractivity contribution in [3.05, 3.63) is 53.9 Å². The quantitative estimate of drug-likeness (QED) is 0.754. The number of hydrogen-bond donors (Lipinski definition) is 2. The fourth-order valence-electron chi connectivity index (χ4n) is 2.22. The van der Waals surface area contributed by atoms with E-state index in [1.807, 2.05) is 24.3 Å². The van der Waals surface area contributed by atoms with Gasteiger partial charge in [-0.05, 0) is 18.2 Å². The number of oxazole rings is 1. The molecule has 3 rings (SSSR count). The summed E-state index contributed by atoms with van der Waals surface area (Å²) in [6.45, 7) is 2.00. The highest BCUT2D eigenvalue weighted by Gasteiger charge is 2.15. The van der Waals surface area contributed by atoms with Crippen molar-refractivity contribution in [3.63, 3.8) is 0 Å². The topological polar surface area (TPSA) is 93.0 Å². The number of benzene rings is 1. The third kappa shape index (κ3) is 3.23. The van der Waals surface area contributed by atoms with E-state index in [4.69, 9.17) is 9.15 Å². The van der Waals surface area contributed by atoms with Crippen molar-refractivity contribution in [3.8, 4) is 17.0 Å². The fourth-order valence-corrected chi connectivity index (χ4v) is 2.22. The number of aromatic amines is 1. The molecule has 2 aromatic heterocycles. The average Bonchev–Trinajstić information content (AvgIpc) is 3.22. The van der Waals surface area contributed by atoms with Crippen LogP contribution in [0.1, 0.15) is 22.1 Å². The van der Waals surface area contributed by atoms with E-state index < -0.39 is 0 Å². The third-order valence-corrected chi connectivity index (χ3v) is 3.30. The molecule has 0 aliphatic heterocycles. The Morgan fingerprint density at radius 2 is 2.26 bits per heavy atom. The molecule has 0 fully saturated rings. The first-order valence-electron chi connectivity index (χ1n) is 7.05. The molecule has 0 radical (unpaired) electrons. The van der Waals surface area contributed by atoms with Crippen molar-refractivity contribution in [2.45, 2.75) is 13.5 Å². The molecule has 3 aromatic rings. The summed E-state index contributed by atoms with van der Waals surface area (Å²) in [5.41, 5.74) is 1.95. The number of methoxy groups -OCH3 is 1. The molecule has 0 atom stereocenters. The highest BCUT2D eigenvalue weighted by Crippen LogP contribution is 2.27. The fraction of sp³-hybridized carbons (Fsp3) is 0.188. The monoisotopic (exact) mass is 312 g/mol. The molecule has 0 saturated carbocycles. The Morgan fingerprint density at radius 3 is 3.00 bits per heavy atom. The van der Waals surface area contributed by atoms with Gasteiger partial charge in [0.15, 0.2) is 11.7 Å². The molecule has 2 N–H and O–H groups in total. The van der Waals surface area contributed by atoms with Crippen molar-refractivity contribution in [2.24, 2.45) is 0 Å². The Bertz CT molecular complexity index is 809. The van der Waals surface area contributed by atoms with Crippen LogP contribution in [0.25, 0.3) is 11.3 Å². The summed E-state index contributed by atoms with van der Waals surface area (Å²) < 4.78 is 10.8. The smallest absolute Gasteiger partial charge is 0.269 e. The number of aryl methyl sites for hydroxylation is 1. The van der Waals surface area contributed by atoms with Gasteiger partial charge in [0.1, 0.15) is 17.1 Å². The molecule has 0 aliphatic carbocycles. The number of amides is 1. The second-order valence-electron chi connectivity index (χ2n) is 4.89. The van der Waals surface area contributed by atoms with Crippen molar-refractivity contribution in [1.82, 2.24) is 20.5 Å². The van der Waals surface area contributed by atoms with E-state index in [9.17, 15) is 4.79 Å². The van der Waals surface area contributed by atoms with Crippen molar-refractivity contribution in [2.75, 3.05) is 7.11 Å². The minimum atomic E-state index is -0.256. The number of hydrogen-bond acceptors (Lipinski definition) is 5. The molecule has 7 nitrogen and oxygen atoms in total. The molecule has 0 spiro atoms. The third-order valence-electron chi connectivity index (χ3n) is 3.30. The molecule has 0 unspecified atom stereocenters. The lowest BCUT2D eigenvalue weighted by Crippen LogP contribution is -2.23. The highest BCUT2D eigenvalue weighted by atomic mass is 16.5. The van der Waals surface area contributed by atoms with Crippen molar-refractivity contribution in [1.29, 1.82) is 0 Å². The Kier molecular flexibility index (Phi) is 4.09. The van der Waals surface area contributed by atoms with Crippen LogP contribution in [0.5, 0.6) is 5.75 Å². The predicted molar refractivity (Wildman–Crippen MR) is 83.0 cm³/mol. The first kappa shape index (κ1) is 14.8. The van der Waals surface area contributed by atoms with E-state index in [1.54, 1.807) is 20.1 Å². The second kappa shape index (κ2) is 6.35.